The number of hydrogen-bond donors (Lipinski definition) is 2. The van der Waals surface area contributed by atoms with Gasteiger partial charge < -0.3 is 5.32 Å². The van der Waals surface area contributed by atoms with Crippen LogP contribution in [0.2, 0.25) is 5.02 Å². The fourth-order valence-electron chi connectivity index (χ4n) is 2.77. The molecule has 0 fully saturated rings. The summed E-state index contributed by atoms with van der Waals surface area (Å²) in [5.41, 5.74) is 1.03. The predicted octanol–water partition coefficient (Wildman–Crippen LogP) is 4.02. The van der Waals surface area contributed by atoms with E-state index in [-0.39, 0.29) is 27.7 Å². The van der Waals surface area contributed by atoms with Crippen LogP contribution in [0.15, 0.2) is 77.7 Å². The molecule has 0 saturated carbocycles. The first-order valence-electron chi connectivity index (χ1n) is 9.15. The van der Waals surface area contributed by atoms with Gasteiger partial charge in [-0.05, 0) is 48.4 Å². The van der Waals surface area contributed by atoms with Gasteiger partial charge in [0.15, 0.2) is 0 Å². The SMILES string of the molecule is O=C(Nc1ccc(S(=O)(=O)NCCc2ccccc2)cc1)c1ccc(Cl)c([N+](=O)[O-])c1. The fourth-order valence-corrected chi connectivity index (χ4v) is 3.99. The Bertz CT molecular complexity index is 1200. The lowest BCUT2D eigenvalue weighted by Gasteiger charge is -2.09. The van der Waals surface area contributed by atoms with Gasteiger partial charge in [-0.2, -0.15) is 0 Å². The zero-order chi connectivity index (χ0) is 22.4. The predicted molar refractivity (Wildman–Crippen MR) is 118 cm³/mol. The van der Waals surface area contributed by atoms with Crippen molar-refractivity contribution in [3.63, 3.8) is 0 Å². The van der Waals surface area contributed by atoms with Crippen molar-refractivity contribution < 1.29 is 18.1 Å². The first-order valence-corrected chi connectivity index (χ1v) is 11.0. The lowest BCUT2D eigenvalue weighted by molar-refractivity contribution is -0.384. The summed E-state index contributed by atoms with van der Waals surface area (Å²) in [5.74, 6) is -0.587. The van der Waals surface area contributed by atoms with Gasteiger partial charge in [-0.15, -0.1) is 0 Å². The van der Waals surface area contributed by atoms with Gasteiger partial charge in [0.2, 0.25) is 10.0 Å². The monoisotopic (exact) mass is 459 g/mol. The van der Waals surface area contributed by atoms with Gasteiger partial charge in [-0.3, -0.25) is 14.9 Å². The van der Waals surface area contributed by atoms with Crippen molar-refractivity contribution in [1.29, 1.82) is 0 Å². The molecule has 0 aliphatic carbocycles. The maximum atomic E-state index is 12.4. The molecule has 3 rings (SSSR count). The van der Waals surface area contributed by atoms with E-state index >= 15 is 0 Å². The normalized spacial score (nSPS) is 11.1. The van der Waals surface area contributed by atoms with Crippen LogP contribution in [0.5, 0.6) is 0 Å². The van der Waals surface area contributed by atoms with Crippen LogP contribution in [0.1, 0.15) is 15.9 Å². The molecule has 0 heterocycles. The number of carbonyl (C=O) groups is 1. The molecule has 10 heteroatoms. The molecule has 0 aliphatic rings. The molecule has 160 valence electrons. The van der Waals surface area contributed by atoms with Crippen molar-refractivity contribution in [2.75, 3.05) is 11.9 Å². The van der Waals surface area contributed by atoms with Crippen LogP contribution in [-0.4, -0.2) is 25.8 Å². The molecule has 0 bridgehead atoms. The highest BCUT2D eigenvalue weighted by molar-refractivity contribution is 7.89. The molecule has 0 aromatic heterocycles. The number of nitro benzene ring substituents is 1. The smallest absolute Gasteiger partial charge is 0.288 e. The highest BCUT2D eigenvalue weighted by Gasteiger charge is 2.17. The van der Waals surface area contributed by atoms with Crippen LogP contribution < -0.4 is 10.0 Å². The van der Waals surface area contributed by atoms with Crippen LogP contribution in [0.3, 0.4) is 0 Å². The van der Waals surface area contributed by atoms with Gasteiger partial charge in [0.25, 0.3) is 11.6 Å². The van der Waals surface area contributed by atoms with E-state index in [1.165, 1.54) is 36.4 Å². The van der Waals surface area contributed by atoms with E-state index < -0.39 is 20.9 Å². The van der Waals surface area contributed by atoms with Crippen LogP contribution >= 0.6 is 11.6 Å². The number of nitrogens with one attached hydrogen (secondary N) is 2. The molecule has 0 unspecified atom stereocenters. The van der Waals surface area contributed by atoms with Crippen LogP contribution in [-0.2, 0) is 16.4 Å². The molecule has 3 aromatic carbocycles. The van der Waals surface area contributed by atoms with E-state index in [1.807, 2.05) is 30.3 Å². The summed E-state index contributed by atoms with van der Waals surface area (Å²) in [4.78, 5) is 22.7. The van der Waals surface area contributed by atoms with E-state index in [2.05, 4.69) is 10.0 Å². The van der Waals surface area contributed by atoms with Crippen molar-refractivity contribution in [1.82, 2.24) is 4.72 Å². The maximum Gasteiger partial charge on any atom is 0.288 e. The average molecular weight is 460 g/mol. The number of anilines is 1. The minimum atomic E-state index is -3.70. The maximum absolute atomic E-state index is 12.4. The average Bonchev–Trinajstić information content (AvgIpc) is 2.75. The number of sulfonamides is 1. The van der Waals surface area contributed by atoms with E-state index in [0.717, 1.165) is 11.6 Å². The van der Waals surface area contributed by atoms with Gasteiger partial charge in [-0.1, -0.05) is 41.9 Å². The van der Waals surface area contributed by atoms with Crippen molar-refractivity contribution in [3.8, 4) is 0 Å². The van der Waals surface area contributed by atoms with Crippen LogP contribution in [0.4, 0.5) is 11.4 Å². The Morgan fingerprint density at radius 2 is 1.68 bits per heavy atom. The lowest BCUT2D eigenvalue weighted by atomic mass is 10.2. The molecule has 3 aromatic rings. The molecule has 0 saturated heterocycles. The van der Waals surface area contributed by atoms with Gasteiger partial charge in [0.05, 0.1) is 9.82 Å². The second-order valence-corrected chi connectivity index (χ2v) is 8.71. The van der Waals surface area contributed by atoms with Crippen molar-refractivity contribution in [2.45, 2.75) is 11.3 Å². The first-order chi connectivity index (χ1) is 14.8. The molecule has 2 N–H and O–H groups in total. The van der Waals surface area contributed by atoms with Crippen molar-refractivity contribution in [2.24, 2.45) is 0 Å². The number of rotatable bonds is 8. The third kappa shape index (κ3) is 5.88. The van der Waals surface area contributed by atoms with Gasteiger partial charge >= 0.3 is 0 Å². The van der Waals surface area contributed by atoms with Gasteiger partial charge in [0.1, 0.15) is 5.02 Å². The quantitative estimate of drug-likeness (QED) is 0.389. The van der Waals surface area contributed by atoms with Crippen LogP contribution in [0, 0.1) is 10.1 Å². The highest BCUT2D eigenvalue weighted by Crippen LogP contribution is 2.25. The standard InChI is InChI=1S/C21H18ClN3O5S/c22-19-11-6-16(14-20(19)25(27)28)21(26)24-17-7-9-18(10-8-17)31(29,30)23-13-12-15-4-2-1-3-5-15/h1-11,14,23H,12-13H2,(H,24,26). The van der Waals surface area contributed by atoms with Crippen LogP contribution in [0.25, 0.3) is 0 Å². The number of benzene rings is 3. The number of hydrogen-bond acceptors (Lipinski definition) is 5. The Labute approximate surface area is 184 Å². The third-order valence-corrected chi connectivity index (χ3v) is 6.17. The summed E-state index contributed by atoms with van der Waals surface area (Å²) in [6.07, 6.45) is 0.557. The van der Waals surface area contributed by atoms with E-state index in [4.69, 9.17) is 11.6 Å². The molecule has 1 amide bonds. The molecule has 8 nitrogen and oxygen atoms in total. The Kier molecular flexibility index (Phi) is 7.01. The van der Waals surface area contributed by atoms with Gasteiger partial charge in [-0.25, -0.2) is 13.1 Å². The van der Waals surface area contributed by atoms with E-state index in [1.54, 1.807) is 0 Å². The lowest BCUT2D eigenvalue weighted by Crippen LogP contribution is -2.26. The minimum absolute atomic E-state index is 0.0513. The van der Waals surface area contributed by atoms with Crippen molar-refractivity contribution >= 4 is 38.9 Å². The number of halogens is 1. The second kappa shape index (κ2) is 9.69. The minimum Gasteiger partial charge on any atom is -0.322 e. The topological polar surface area (TPSA) is 118 Å². The largest absolute Gasteiger partial charge is 0.322 e. The Morgan fingerprint density at radius 1 is 1.00 bits per heavy atom. The van der Waals surface area contributed by atoms with Gasteiger partial charge in [0, 0.05) is 23.9 Å². The molecule has 0 radical (unpaired) electrons. The number of amides is 1. The summed E-state index contributed by atoms with van der Waals surface area (Å²) >= 11 is 5.75. The summed E-state index contributed by atoms with van der Waals surface area (Å²) in [6.45, 7) is 0.250. The highest BCUT2D eigenvalue weighted by atomic mass is 35.5. The Morgan fingerprint density at radius 3 is 2.32 bits per heavy atom. The second-order valence-electron chi connectivity index (χ2n) is 6.54. The summed E-state index contributed by atoms with van der Waals surface area (Å²) < 4.78 is 27.4. The number of nitro groups is 1. The molecular formula is C21H18ClN3O5S. The van der Waals surface area contributed by atoms with E-state index in [9.17, 15) is 23.3 Å². The zero-order valence-corrected chi connectivity index (χ0v) is 17.7. The summed E-state index contributed by atoms with van der Waals surface area (Å²) in [6, 6.07) is 18.8. The first kappa shape index (κ1) is 22.4. The fraction of sp³-hybridized carbons (Fsp3) is 0.0952. The molecule has 0 atom stereocenters. The Hall–Kier alpha value is -3.27. The number of carbonyl (C=O) groups excluding carboxylic acids is 1. The van der Waals surface area contributed by atoms with Crippen molar-refractivity contribution in [3.05, 3.63) is 99.1 Å². The molecule has 0 spiro atoms. The third-order valence-electron chi connectivity index (χ3n) is 4.38. The molecule has 31 heavy (non-hydrogen) atoms. The summed E-state index contributed by atoms with van der Waals surface area (Å²) in [7, 11) is -3.70. The van der Waals surface area contributed by atoms with E-state index in [0.29, 0.717) is 12.1 Å². The zero-order valence-electron chi connectivity index (χ0n) is 16.1. The Balaban J connectivity index is 1.63. The number of nitrogens with zero attached hydrogens (tertiary/aromatic N) is 1. The molecular weight excluding hydrogens is 442 g/mol. The summed E-state index contributed by atoms with van der Waals surface area (Å²) in [5, 5.41) is 13.5. The molecule has 0 aliphatic heterocycles.